The van der Waals surface area contributed by atoms with Crippen molar-refractivity contribution in [2.24, 2.45) is 4.99 Å². The van der Waals surface area contributed by atoms with E-state index in [0.717, 1.165) is 22.6 Å². The predicted octanol–water partition coefficient (Wildman–Crippen LogP) is 5.87. The van der Waals surface area contributed by atoms with Crippen LogP contribution >= 0.6 is 11.6 Å². The number of anilines is 2. The Labute approximate surface area is 219 Å². The van der Waals surface area contributed by atoms with E-state index >= 15 is 0 Å². The van der Waals surface area contributed by atoms with Gasteiger partial charge in [-0.1, -0.05) is 60.1 Å². The third kappa shape index (κ3) is 5.90. The average molecular weight is 513 g/mol. The number of hydrogen-bond donors (Lipinski definition) is 1. The van der Waals surface area contributed by atoms with Crippen LogP contribution < -0.4 is 15.6 Å². The third-order valence-corrected chi connectivity index (χ3v) is 6.06. The topological polar surface area (TPSA) is 77.7 Å². The van der Waals surface area contributed by atoms with E-state index in [0.29, 0.717) is 29.9 Å². The van der Waals surface area contributed by atoms with Crippen LogP contribution in [0, 0.1) is 6.92 Å². The molecule has 1 aromatic heterocycles. The molecule has 5 rings (SSSR count). The van der Waals surface area contributed by atoms with E-state index in [1.165, 1.54) is 11.8 Å². The molecule has 186 valence electrons. The summed E-state index contributed by atoms with van der Waals surface area (Å²) in [6, 6.07) is 23.1. The minimum absolute atomic E-state index is 0.231. The summed E-state index contributed by atoms with van der Waals surface area (Å²) >= 11 is 6.04. The zero-order chi connectivity index (χ0) is 25.8. The van der Waals surface area contributed by atoms with Crippen LogP contribution in [0.25, 0.3) is 0 Å². The highest BCUT2D eigenvalue weighted by Crippen LogP contribution is 2.21. The summed E-state index contributed by atoms with van der Waals surface area (Å²) in [4.78, 5) is 22.3. The van der Waals surface area contributed by atoms with Crippen LogP contribution in [0.5, 0.6) is 5.75 Å². The van der Waals surface area contributed by atoms with Gasteiger partial charge in [0.2, 0.25) is 11.8 Å². The Hall–Kier alpha value is -4.36. The first kappa shape index (κ1) is 24.3. The third-order valence-electron chi connectivity index (χ3n) is 5.81. The van der Waals surface area contributed by atoms with Crippen molar-refractivity contribution in [1.82, 2.24) is 9.55 Å². The first-order valence-electron chi connectivity index (χ1n) is 11.7. The second-order valence-electron chi connectivity index (χ2n) is 8.70. The molecular weight excluding hydrogens is 488 g/mol. The van der Waals surface area contributed by atoms with Gasteiger partial charge in [0.1, 0.15) is 30.2 Å². The predicted molar refractivity (Wildman–Crippen MR) is 146 cm³/mol. The Balaban J connectivity index is 1.38. The highest BCUT2D eigenvalue weighted by molar-refractivity contribution is 6.30. The number of aromatic nitrogens is 2. The Morgan fingerprint density at radius 3 is 2.41 bits per heavy atom. The smallest absolute Gasteiger partial charge is 0.267 e. The highest BCUT2D eigenvalue weighted by atomic mass is 35.5. The molecule has 2 heterocycles. The largest absolute Gasteiger partial charge is 0.489 e. The van der Waals surface area contributed by atoms with E-state index in [9.17, 15) is 4.79 Å². The average Bonchev–Trinajstić information content (AvgIpc) is 3.33. The highest BCUT2D eigenvalue weighted by Gasteiger charge is 2.21. The summed E-state index contributed by atoms with van der Waals surface area (Å²) in [6.45, 7) is 6.92. The number of rotatable bonds is 8. The second kappa shape index (κ2) is 10.7. The maximum Gasteiger partial charge on any atom is 0.267 e. The Bertz CT molecular complexity index is 1510. The molecule has 3 aromatic carbocycles. The van der Waals surface area contributed by atoms with E-state index in [2.05, 4.69) is 53.1 Å². The maximum absolute atomic E-state index is 13.5. The van der Waals surface area contributed by atoms with Crippen molar-refractivity contribution in [1.29, 1.82) is 0 Å². The zero-order valence-electron chi connectivity index (χ0n) is 20.3. The van der Waals surface area contributed by atoms with Gasteiger partial charge in [0.25, 0.3) is 5.56 Å². The first-order chi connectivity index (χ1) is 17.9. The van der Waals surface area contributed by atoms with Gasteiger partial charge in [0.15, 0.2) is 0 Å². The summed E-state index contributed by atoms with van der Waals surface area (Å²) in [5, 5.41) is 3.87. The van der Waals surface area contributed by atoms with Gasteiger partial charge in [-0.25, -0.2) is 9.98 Å². The number of hydrogen-bond acceptors (Lipinski definition) is 6. The van der Waals surface area contributed by atoms with Gasteiger partial charge in [-0.15, -0.1) is 0 Å². The summed E-state index contributed by atoms with van der Waals surface area (Å²) in [6.07, 6.45) is 1.47. The number of aliphatic imine (C=N–C) groups is 1. The Kier molecular flexibility index (Phi) is 7.05. The molecular formula is C29H25ClN4O3. The molecule has 0 radical (unpaired) electrons. The lowest BCUT2D eigenvalue weighted by atomic mass is 10.2. The van der Waals surface area contributed by atoms with Crippen LogP contribution in [-0.4, -0.2) is 22.0 Å². The molecule has 0 saturated heterocycles. The molecule has 0 fully saturated rings. The molecule has 8 heteroatoms. The van der Waals surface area contributed by atoms with Crippen molar-refractivity contribution in [2.75, 3.05) is 11.9 Å². The van der Waals surface area contributed by atoms with E-state index < -0.39 is 0 Å². The Morgan fingerprint density at radius 2 is 1.73 bits per heavy atom. The summed E-state index contributed by atoms with van der Waals surface area (Å²) in [5.74, 6) is 1.85. The lowest BCUT2D eigenvalue weighted by molar-refractivity contribution is 0.306. The molecule has 0 bridgehead atoms. The first-order valence-corrected chi connectivity index (χ1v) is 12.1. The maximum atomic E-state index is 13.5. The van der Waals surface area contributed by atoms with E-state index in [1.54, 1.807) is 16.7 Å². The standard InChI is InChI=1S/C29H25ClN4O3/c1-19-3-5-22(6-4-19)18-36-25-13-11-24(12-14-25)33-29-32-16-26(27-31-15-20(2)37-27)28(35)34(29)17-21-7-9-23(30)10-8-21/h3-14,16H,2,15,17-18H2,1H3,(H,32,33). The van der Waals surface area contributed by atoms with Gasteiger partial charge in [0.05, 0.1) is 6.54 Å². The fourth-order valence-electron chi connectivity index (χ4n) is 3.77. The summed E-state index contributed by atoms with van der Waals surface area (Å²) < 4.78 is 13.0. The van der Waals surface area contributed by atoms with Crippen LogP contribution in [0.1, 0.15) is 22.3 Å². The van der Waals surface area contributed by atoms with Gasteiger partial charge in [-0.2, -0.15) is 0 Å². The SMILES string of the molecule is C=C1CN=C(c2cnc(Nc3ccc(OCc4ccc(C)cc4)cc3)n(Cc3ccc(Cl)cc3)c2=O)O1. The van der Waals surface area contributed by atoms with Gasteiger partial charge >= 0.3 is 0 Å². The number of ether oxygens (including phenoxy) is 2. The number of nitrogens with zero attached hydrogens (tertiary/aromatic N) is 3. The summed E-state index contributed by atoms with van der Waals surface area (Å²) in [5.41, 5.74) is 3.96. The van der Waals surface area contributed by atoms with Crippen LogP contribution in [0.3, 0.4) is 0 Å². The van der Waals surface area contributed by atoms with Crippen molar-refractivity contribution < 1.29 is 9.47 Å². The molecule has 4 aromatic rings. The number of aryl methyl sites for hydroxylation is 1. The normalized spacial score (nSPS) is 12.7. The number of nitrogens with one attached hydrogen (secondary N) is 1. The van der Waals surface area contributed by atoms with E-state index in [1.807, 2.05) is 36.4 Å². The summed E-state index contributed by atoms with van der Waals surface area (Å²) in [7, 11) is 0. The molecule has 0 unspecified atom stereocenters. The van der Waals surface area contributed by atoms with Crippen LogP contribution in [-0.2, 0) is 17.9 Å². The molecule has 7 nitrogen and oxygen atoms in total. The molecule has 0 atom stereocenters. The minimum Gasteiger partial charge on any atom is -0.489 e. The van der Waals surface area contributed by atoms with Gasteiger partial charge in [0, 0.05) is 16.9 Å². The quantitative estimate of drug-likeness (QED) is 0.319. The van der Waals surface area contributed by atoms with E-state index in [-0.39, 0.29) is 23.6 Å². The lowest BCUT2D eigenvalue weighted by Gasteiger charge is -2.15. The second-order valence-corrected chi connectivity index (χ2v) is 9.14. The van der Waals surface area contributed by atoms with Gasteiger partial charge < -0.3 is 14.8 Å². The van der Waals surface area contributed by atoms with E-state index in [4.69, 9.17) is 21.1 Å². The lowest BCUT2D eigenvalue weighted by Crippen LogP contribution is -2.30. The van der Waals surface area contributed by atoms with Crippen molar-refractivity contribution in [3.05, 3.63) is 129 Å². The molecule has 1 N–H and O–H groups in total. The fraction of sp³-hybridized carbons (Fsp3) is 0.138. The molecule has 0 saturated carbocycles. The fourth-order valence-corrected chi connectivity index (χ4v) is 3.90. The van der Waals surface area contributed by atoms with Crippen molar-refractivity contribution in [2.45, 2.75) is 20.1 Å². The van der Waals surface area contributed by atoms with Crippen molar-refractivity contribution >= 4 is 29.1 Å². The zero-order valence-corrected chi connectivity index (χ0v) is 21.0. The monoisotopic (exact) mass is 512 g/mol. The molecule has 37 heavy (non-hydrogen) atoms. The number of halogens is 1. The molecule has 0 spiro atoms. The van der Waals surface area contributed by atoms with Crippen LogP contribution in [0.4, 0.5) is 11.6 Å². The van der Waals surface area contributed by atoms with Gasteiger partial charge in [-0.05, 0) is 54.4 Å². The van der Waals surface area contributed by atoms with Crippen molar-refractivity contribution in [3.63, 3.8) is 0 Å². The van der Waals surface area contributed by atoms with Crippen molar-refractivity contribution in [3.8, 4) is 5.75 Å². The van der Waals surface area contributed by atoms with Crippen LogP contribution in [0.2, 0.25) is 5.02 Å². The molecule has 1 aliphatic heterocycles. The Morgan fingerprint density at radius 1 is 1.03 bits per heavy atom. The minimum atomic E-state index is -0.279. The molecule has 0 aliphatic carbocycles. The molecule has 1 aliphatic rings. The van der Waals surface area contributed by atoms with Gasteiger partial charge in [-0.3, -0.25) is 9.36 Å². The van der Waals surface area contributed by atoms with Crippen LogP contribution in [0.15, 0.2) is 101 Å². The number of benzene rings is 3. The molecule has 0 amide bonds.